The van der Waals surface area contributed by atoms with Crippen LogP contribution in [0.3, 0.4) is 0 Å². The molecule has 1 aromatic heterocycles. The second kappa shape index (κ2) is 6.95. The first-order chi connectivity index (χ1) is 7.74. The average molecular weight is 226 g/mol. The largest absolute Gasteiger partial charge is 0.381 e. The maximum absolute atomic E-state index is 11.3. The van der Waals surface area contributed by atoms with Crippen LogP contribution in [0.5, 0.6) is 0 Å². The van der Waals surface area contributed by atoms with Gasteiger partial charge in [0.15, 0.2) is 0 Å². The third-order valence-corrected chi connectivity index (χ3v) is 2.15. The van der Waals surface area contributed by atoms with Crippen molar-refractivity contribution < 1.29 is 9.53 Å². The normalized spacial score (nSPS) is 10.4. The van der Waals surface area contributed by atoms with Crippen molar-refractivity contribution in [3.63, 3.8) is 0 Å². The fourth-order valence-electron chi connectivity index (χ4n) is 1.26. The quantitative estimate of drug-likeness (QED) is 0.659. The topological polar surface area (TPSA) is 69.0 Å². The van der Waals surface area contributed by atoms with Crippen molar-refractivity contribution in [3.8, 4) is 0 Å². The van der Waals surface area contributed by atoms with E-state index < -0.39 is 0 Å². The van der Waals surface area contributed by atoms with E-state index in [1.54, 1.807) is 4.68 Å². The first kappa shape index (κ1) is 12.6. The van der Waals surface area contributed by atoms with E-state index in [2.05, 4.69) is 15.4 Å². The number of ether oxygens (including phenoxy) is 1. The van der Waals surface area contributed by atoms with Crippen LogP contribution in [0.4, 0.5) is 0 Å². The van der Waals surface area contributed by atoms with Crippen LogP contribution in [0.2, 0.25) is 0 Å². The molecule has 0 aliphatic carbocycles. The number of rotatable bonds is 7. The van der Waals surface area contributed by atoms with Crippen LogP contribution < -0.4 is 5.32 Å². The van der Waals surface area contributed by atoms with Crippen molar-refractivity contribution in [1.29, 1.82) is 0 Å². The van der Waals surface area contributed by atoms with Crippen molar-refractivity contribution >= 4 is 5.91 Å². The Bertz CT molecular complexity index is 324. The maximum Gasteiger partial charge on any atom is 0.222 e. The van der Waals surface area contributed by atoms with Gasteiger partial charge in [0.2, 0.25) is 5.91 Å². The molecule has 90 valence electrons. The van der Waals surface area contributed by atoms with Gasteiger partial charge in [-0.1, -0.05) is 0 Å². The molecule has 0 radical (unpaired) electrons. The standard InChI is InChI=1S/C10H18N4O2/c1-3-16-7-5-10(15)11-6-4-9-12-8-13-14(9)2/h8H,3-7H2,1-2H3,(H,11,15). The summed E-state index contributed by atoms with van der Waals surface area (Å²) in [5, 5.41) is 6.75. The van der Waals surface area contributed by atoms with Crippen LogP contribution in [0.15, 0.2) is 6.33 Å². The summed E-state index contributed by atoms with van der Waals surface area (Å²) in [5.74, 6) is 0.876. The Balaban J connectivity index is 2.11. The lowest BCUT2D eigenvalue weighted by atomic mass is 10.3. The number of aromatic nitrogens is 3. The van der Waals surface area contributed by atoms with Crippen LogP contribution in [-0.2, 0) is 23.0 Å². The molecular formula is C10H18N4O2. The zero-order chi connectivity index (χ0) is 11.8. The van der Waals surface area contributed by atoms with Crippen molar-refractivity contribution in [3.05, 3.63) is 12.2 Å². The Kier molecular flexibility index (Phi) is 5.49. The Labute approximate surface area is 95.0 Å². The Morgan fingerprint density at radius 3 is 3.06 bits per heavy atom. The molecule has 0 saturated heterocycles. The molecule has 6 nitrogen and oxygen atoms in total. The first-order valence-electron chi connectivity index (χ1n) is 5.41. The van der Waals surface area contributed by atoms with Gasteiger partial charge in [0.25, 0.3) is 0 Å². The zero-order valence-electron chi connectivity index (χ0n) is 9.77. The smallest absolute Gasteiger partial charge is 0.222 e. The Morgan fingerprint density at radius 2 is 2.44 bits per heavy atom. The monoisotopic (exact) mass is 226 g/mol. The number of carbonyl (C=O) groups excluding carboxylic acids is 1. The number of nitrogens with zero attached hydrogens (tertiary/aromatic N) is 3. The molecule has 0 aliphatic rings. The summed E-state index contributed by atoms with van der Waals surface area (Å²) in [6, 6.07) is 0. The highest BCUT2D eigenvalue weighted by molar-refractivity contribution is 5.75. The predicted octanol–water partition coefficient (Wildman–Crippen LogP) is -0.0996. The summed E-state index contributed by atoms with van der Waals surface area (Å²) >= 11 is 0. The zero-order valence-corrected chi connectivity index (χ0v) is 9.77. The summed E-state index contributed by atoms with van der Waals surface area (Å²) in [6.07, 6.45) is 2.61. The predicted molar refractivity (Wildman–Crippen MR) is 58.8 cm³/mol. The van der Waals surface area contributed by atoms with Gasteiger partial charge in [0, 0.05) is 33.0 Å². The number of aryl methyl sites for hydroxylation is 1. The molecular weight excluding hydrogens is 208 g/mol. The molecule has 16 heavy (non-hydrogen) atoms. The van der Waals surface area contributed by atoms with Crippen molar-refractivity contribution in [2.24, 2.45) is 7.05 Å². The van der Waals surface area contributed by atoms with Crippen LogP contribution >= 0.6 is 0 Å². The lowest BCUT2D eigenvalue weighted by molar-refractivity contribution is -0.122. The van der Waals surface area contributed by atoms with E-state index in [4.69, 9.17) is 4.74 Å². The summed E-state index contributed by atoms with van der Waals surface area (Å²) in [6.45, 7) is 3.61. The van der Waals surface area contributed by atoms with Crippen LogP contribution in [0, 0.1) is 0 Å². The highest BCUT2D eigenvalue weighted by Gasteiger charge is 2.03. The van der Waals surface area contributed by atoms with Gasteiger partial charge in [-0.25, -0.2) is 4.98 Å². The van der Waals surface area contributed by atoms with E-state index in [0.717, 1.165) is 5.82 Å². The third kappa shape index (κ3) is 4.39. The van der Waals surface area contributed by atoms with Crippen LogP contribution in [0.25, 0.3) is 0 Å². The molecule has 0 saturated carbocycles. The molecule has 1 aromatic rings. The average Bonchev–Trinajstić information content (AvgIpc) is 2.65. The summed E-state index contributed by atoms with van der Waals surface area (Å²) in [7, 11) is 1.83. The van der Waals surface area contributed by atoms with Gasteiger partial charge in [-0.05, 0) is 6.92 Å². The lowest BCUT2D eigenvalue weighted by Gasteiger charge is -2.04. The van der Waals surface area contributed by atoms with Crippen molar-refractivity contribution in [2.45, 2.75) is 19.8 Å². The second-order valence-electron chi connectivity index (χ2n) is 3.35. The number of hydrogen-bond acceptors (Lipinski definition) is 4. The Hall–Kier alpha value is -1.43. The first-order valence-corrected chi connectivity index (χ1v) is 5.41. The van der Waals surface area contributed by atoms with Gasteiger partial charge in [0.05, 0.1) is 6.61 Å². The van der Waals surface area contributed by atoms with E-state index in [1.165, 1.54) is 6.33 Å². The van der Waals surface area contributed by atoms with Gasteiger partial charge < -0.3 is 10.1 Å². The van der Waals surface area contributed by atoms with Crippen LogP contribution in [0.1, 0.15) is 19.2 Å². The van der Waals surface area contributed by atoms with Crippen LogP contribution in [-0.4, -0.2) is 40.4 Å². The maximum atomic E-state index is 11.3. The van der Waals surface area contributed by atoms with E-state index in [0.29, 0.717) is 32.6 Å². The molecule has 0 fully saturated rings. The molecule has 0 aliphatic heterocycles. The van der Waals surface area contributed by atoms with E-state index >= 15 is 0 Å². The van der Waals surface area contributed by atoms with Crippen molar-refractivity contribution in [2.75, 3.05) is 19.8 Å². The third-order valence-electron chi connectivity index (χ3n) is 2.15. The lowest BCUT2D eigenvalue weighted by Crippen LogP contribution is -2.27. The fraction of sp³-hybridized carbons (Fsp3) is 0.700. The minimum atomic E-state index is 0.00983. The molecule has 1 amide bonds. The summed E-state index contributed by atoms with van der Waals surface area (Å²) in [5.41, 5.74) is 0. The molecule has 0 atom stereocenters. The van der Waals surface area contributed by atoms with Gasteiger partial charge in [-0.3, -0.25) is 9.48 Å². The van der Waals surface area contributed by atoms with E-state index in [1.807, 2.05) is 14.0 Å². The molecule has 0 spiro atoms. The van der Waals surface area contributed by atoms with E-state index in [-0.39, 0.29) is 5.91 Å². The highest BCUT2D eigenvalue weighted by atomic mass is 16.5. The van der Waals surface area contributed by atoms with Gasteiger partial charge in [-0.15, -0.1) is 0 Å². The SMILES string of the molecule is CCOCCC(=O)NCCc1ncnn1C. The van der Waals surface area contributed by atoms with Gasteiger partial charge in [0.1, 0.15) is 12.2 Å². The minimum Gasteiger partial charge on any atom is -0.381 e. The molecule has 0 aromatic carbocycles. The molecule has 1 heterocycles. The second-order valence-corrected chi connectivity index (χ2v) is 3.35. The fourth-order valence-corrected chi connectivity index (χ4v) is 1.26. The van der Waals surface area contributed by atoms with Gasteiger partial charge >= 0.3 is 0 Å². The number of hydrogen-bond donors (Lipinski definition) is 1. The number of amides is 1. The molecule has 1 rings (SSSR count). The molecule has 1 N–H and O–H groups in total. The highest BCUT2D eigenvalue weighted by Crippen LogP contribution is 1.91. The number of nitrogens with one attached hydrogen (secondary N) is 1. The van der Waals surface area contributed by atoms with Gasteiger partial charge in [-0.2, -0.15) is 5.10 Å². The van der Waals surface area contributed by atoms with E-state index in [9.17, 15) is 4.79 Å². The molecule has 6 heteroatoms. The summed E-state index contributed by atoms with van der Waals surface area (Å²) < 4.78 is 6.79. The van der Waals surface area contributed by atoms with Crippen molar-refractivity contribution in [1.82, 2.24) is 20.1 Å². The number of carbonyl (C=O) groups is 1. The Morgan fingerprint density at radius 1 is 1.62 bits per heavy atom. The summed E-state index contributed by atoms with van der Waals surface area (Å²) in [4.78, 5) is 15.4. The molecule has 0 unspecified atom stereocenters. The molecule has 0 bridgehead atoms. The minimum absolute atomic E-state index is 0.00983.